The van der Waals surface area contributed by atoms with Crippen molar-refractivity contribution in [2.45, 2.75) is 24.8 Å². The van der Waals surface area contributed by atoms with E-state index in [9.17, 15) is 8.42 Å². The molecule has 0 aliphatic carbocycles. The minimum atomic E-state index is -3.45. The SMILES string of the molecule is CNCc1cc(S(=O)(=O)NCCc2cnn(C)c2)c(C)s1. The Bertz CT molecular complexity index is 704. The zero-order valence-electron chi connectivity index (χ0n) is 12.4. The second-order valence-corrected chi connectivity index (χ2v) is 7.91. The number of sulfonamides is 1. The summed E-state index contributed by atoms with van der Waals surface area (Å²) >= 11 is 1.50. The smallest absolute Gasteiger partial charge is 0.241 e. The van der Waals surface area contributed by atoms with Gasteiger partial charge in [0.15, 0.2) is 0 Å². The van der Waals surface area contributed by atoms with E-state index in [2.05, 4.69) is 15.1 Å². The Morgan fingerprint density at radius 1 is 1.43 bits per heavy atom. The third-order valence-corrected chi connectivity index (χ3v) is 5.79. The van der Waals surface area contributed by atoms with Crippen molar-refractivity contribution in [1.82, 2.24) is 19.8 Å². The highest BCUT2D eigenvalue weighted by atomic mass is 32.2. The first-order valence-electron chi connectivity index (χ1n) is 6.63. The number of thiophene rings is 1. The highest BCUT2D eigenvalue weighted by Crippen LogP contribution is 2.25. The molecule has 0 radical (unpaired) electrons. The molecule has 0 atom stereocenters. The first kappa shape index (κ1) is 16.2. The van der Waals surface area contributed by atoms with E-state index < -0.39 is 10.0 Å². The molecule has 8 heteroatoms. The standard InChI is InChI=1S/C13H20N4O2S2/c1-10-13(6-12(20-10)8-14-2)21(18,19)16-5-4-11-7-15-17(3)9-11/h6-7,9,14,16H,4-5,8H2,1-3H3. The lowest BCUT2D eigenvalue weighted by Crippen LogP contribution is -2.26. The minimum absolute atomic E-state index is 0.366. The van der Waals surface area contributed by atoms with Gasteiger partial charge in [0.2, 0.25) is 10.0 Å². The van der Waals surface area contributed by atoms with Crippen LogP contribution in [0.2, 0.25) is 0 Å². The molecule has 0 spiro atoms. The first-order chi connectivity index (χ1) is 9.92. The average molecular weight is 328 g/mol. The fraction of sp³-hybridized carbons (Fsp3) is 0.462. The van der Waals surface area contributed by atoms with Crippen molar-refractivity contribution in [1.29, 1.82) is 0 Å². The van der Waals surface area contributed by atoms with Crippen LogP contribution in [0.15, 0.2) is 23.4 Å². The van der Waals surface area contributed by atoms with E-state index in [1.807, 2.05) is 27.2 Å². The number of nitrogens with zero attached hydrogens (tertiary/aromatic N) is 2. The van der Waals surface area contributed by atoms with Crippen LogP contribution in [0.3, 0.4) is 0 Å². The summed E-state index contributed by atoms with van der Waals surface area (Å²) in [5.74, 6) is 0. The molecule has 2 aromatic rings. The zero-order valence-corrected chi connectivity index (χ0v) is 14.0. The summed E-state index contributed by atoms with van der Waals surface area (Å²) in [6.45, 7) is 2.88. The molecule has 0 saturated heterocycles. The summed E-state index contributed by atoms with van der Waals surface area (Å²) in [6, 6.07) is 1.74. The van der Waals surface area contributed by atoms with Gasteiger partial charge in [0, 0.05) is 36.1 Å². The topological polar surface area (TPSA) is 76.0 Å². The van der Waals surface area contributed by atoms with Crippen LogP contribution in [0.4, 0.5) is 0 Å². The van der Waals surface area contributed by atoms with E-state index in [4.69, 9.17) is 0 Å². The summed E-state index contributed by atoms with van der Waals surface area (Å²) in [5.41, 5.74) is 1.01. The van der Waals surface area contributed by atoms with Gasteiger partial charge in [0.1, 0.15) is 0 Å². The van der Waals surface area contributed by atoms with Crippen molar-refractivity contribution >= 4 is 21.4 Å². The van der Waals surface area contributed by atoms with Gasteiger partial charge in [-0.15, -0.1) is 11.3 Å². The average Bonchev–Trinajstić information content (AvgIpc) is 2.96. The van der Waals surface area contributed by atoms with Crippen LogP contribution < -0.4 is 10.0 Å². The van der Waals surface area contributed by atoms with E-state index in [-0.39, 0.29) is 0 Å². The number of hydrogen-bond donors (Lipinski definition) is 2. The molecule has 0 amide bonds. The Labute approximate surface area is 129 Å². The highest BCUT2D eigenvalue weighted by molar-refractivity contribution is 7.89. The van der Waals surface area contributed by atoms with Crippen LogP contribution in [-0.4, -0.2) is 31.8 Å². The van der Waals surface area contributed by atoms with Crippen molar-refractivity contribution < 1.29 is 8.42 Å². The van der Waals surface area contributed by atoms with Crippen molar-refractivity contribution in [2.24, 2.45) is 7.05 Å². The van der Waals surface area contributed by atoms with Gasteiger partial charge in [-0.05, 0) is 32.0 Å². The predicted molar refractivity (Wildman–Crippen MR) is 83.9 cm³/mol. The third kappa shape index (κ3) is 4.13. The normalized spacial score (nSPS) is 12.0. The molecular weight excluding hydrogens is 308 g/mol. The van der Waals surface area contributed by atoms with Gasteiger partial charge in [0.05, 0.1) is 11.1 Å². The highest BCUT2D eigenvalue weighted by Gasteiger charge is 2.19. The molecule has 0 aliphatic heterocycles. The maximum absolute atomic E-state index is 12.3. The summed E-state index contributed by atoms with van der Waals surface area (Å²) in [5, 5.41) is 7.09. The van der Waals surface area contributed by atoms with Crippen LogP contribution in [0.1, 0.15) is 15.3 Å². The fourth-order valence-corrected chi connectivity index (χ4v) is 4.74. The first-order valence-corrected chi connectivity index (χ1v) is 8.93. The molecule has 2 heterocycles. The second kappa shape index (κ2) is 6.69. The van der Waals surface area contributed by atoms with Gasteiger partial charge in [-0.1, -0.05) is 0 Å². The molecule has 116 valence electrons. The molecule has 0 aromatic carbocycles. The Morgan fingerprint density at radius 3 is 2.81 bits per heavy atom. The molecule has 0 aliphatic rings. The fourth-order valence-electron chi connectivity index (χ4n) is 2.06. The molecule has 0 unspecified atom stereocenters. The maximum atomic E-state index is 12.3. The number of aromatic nitrogens is 2. The molecule has 0 saturated carbocycles. The van der Waals surface area contributed by atoms with E-state index in [0.717, 1.165) is 15.3 Å². The Hall–Kier alpha value is -1.22. The number of nitrogens with one attached hydrogen (secondary N) is 2. The van der Waals surface area contributed by atoms with Crippen LogP contribution in [0.25, 0.3) is 0 Å². The van der Waals surface area contributed by atoms with Gasteiger partial charge in [0.25, 0.3) is 0 Å². The van der Waals surface area contributed by atoms with E-state index >= 15 is 0 Å². The van der Waals surface area contributed by atoms with Crippen LogP contribution in [0, 0.1) is 6.92 Å². The summed E-state index contributed by atoms with van der Waals surface area (Å²) in [4.78, 5) is 2.21. The monoisotopic (exact) mass is 328 g/mol. The van der Waals surface area contributed by atoms with Gasteiger partial charge in [-0.25, -0.2) is 13.1 Å². The van der Waals surface area contributed by atoms with Crippen molar-refractivity contribution in [2.75, 3.05) is 13.6 Å². The lowest BCUT2D eigenvalue weighted by Gasteiger charge is -2.05. The van der Waals surface area contributed by atoms with E-state index in [1.54, 1.807) is 16.9 Å². The van der Waals surface area contributed by atoms with Crippen molar-refractivity contribution in [3.05, 3.63) is 33.8 Å². The summed E-state index contributed by atoms with van der Waals surface area (Å²) < 4.78 is 29.0. The second-order valence-electron chi connectivity index (χ2n) is 4.83. The largest absolute Gasteiger partial charge is 0.315 e. The molecule has 0 fully saturated rings. The summed E-state index contributed by atoms with van der Waals surface area (Å²) in [6.07, 6.45) is 4.25. The van der Waals surface area contributed by atoms with Crippen LogP contribution >= 0.6 is 11.3 Å². The Kier molecular flexibility index (Phi) is 5.15. The molecule has 2 rings (SSSR count). The number of rotatable bonds is 7. The molecule has 6 nitrogen and oxygen atoms in total. The molecule has 2 N–H and O–H groups in total. The lowest BCUT2D eigenvalue weighted by molar-refractivity contribution is 0.581. The Balaban J connectivity index is 2.01. The van der Waals surface area contributed by atoms with E-state index in [1.165, 1.54) is 11.3 Å². The van der Waals surface area contributed by atoms with Gasteiger partial charge in [-0.2, -0.15) is 5.10 Å². The van der Waals surface area contributed by atoms with Gasteiger partial charge >= 0.3 is 0 Å². The summed E-state index contributed by atoms with van der Waals surface area (Å²) in [7, 11) is 0.235. The maximum Gasteiger partial charge on any atom is 0.241 e. The van der Waals surface area contributed by atoms with Crippen LogP contribution in [-0.2, 0) is 30.0 Å². The van der Waals surface area contributed by atoms with Crippen molar-refractivity contribution in [3.8, 4) is 0 Å². The predicted octanol–water partition coefficient (Wildman–Crippen LogP) is 1.03. The van der Waals surface area contributed by atoms with Crippen molar-refractivity contribution in [3.63, 3.8) is 0 Å². The van der Waals surface area contributed by atoms with Crippen LogP contribution in [0.5, 0.6) is 0 Å². The van der Waals surface area contributed by atoms with Gasteiger partial charge < -0.3 is 5.32 Å². The van der Waals surface area contributed by atoms with E-state index in [0.29, 0.717) is 24.4 Å². The zero-order chi connectivity index (χ0) is 15.5. The quantitative estimate of drug-likeness (QED) is 0.796. The lowest BCUT2D eigenvalue weighted by atomic mass is 10.3. The number of hydrogen-bond acceptors (Lipinski definition) is 5. The minimum Gasteiger partial charge on any atom is -0.315 e. The molecular formula is C13H20N4O2S2. The molecule has 0 bridgehead atoms. The molecule has 21 heavy (non-hydrogen) atoms. The number of aryl methyl sites for hydroxylation is 2. The third-order valence-electron chi connectivity index (χ3n) is 3.03. The van der Waals surface area contributed by atoms with Gasteiger partial charge in [-0.3, -0.25) is 4.68 Å². The Morgan fingerprint density at radius 2 is 2.19 bits per heavy atom. The molecule has 2 aromatic heterocycles.